The van der Waals surface area contributed by atoms with Crippen molar-refractivity contribution in [3.8, 4) is 0 Å². The first-order valence-corrected chi connectivity index (χ1v) is 7.94. The molecule has 5 heteroatoms. The quantitative estimate of drug-likeness (QED) is 0.888. The number of aromatic nitrogens is 1. The first kappa shape index (κ1) is 13.1. The number of fused-ring (bicyclic) bond motifs is 1. The third kappa shape index (κ3) is 2.41. The molecular weight excluding hydrogens is 326 g/mol. The molecule has 1 saturated carbocycles. The maximum atomic E-state index is 11.4. The molecule has 1 aromatic carbocycles. The molecule has 1 aliphatic carbocycles. The van der Waals surface area contributed by atoms with Gasteiger partial charge >= 0.3 is 5.97 Å². The molecular formula is C14H14BrNO2S. The summed E-state index contributed by atoms with van der Waals surface area (Å²) in [5.74, 6) is -0.428. The van der Waals surface area contributed by atoms with Crippen molar-refractivity contribution in [3.05, 3.63) is 27.7 Å². The number of aliphatic carboxylic acids is 1. The highest BCUT2D eigenvalue weighted by Crippen LogP contribution is 2.45. The fraction of sp³-hybridized carbons (Fsp3) is 0.429. The summed E-state index contributed by atoms with van der Waals surface area (Å²) < 4.78 is 2.13. The molecule has 0 bridgehead atoms. The maximum Gasteiger partial charge on any atom is 0.307 e. The molecule has 1 aromatic heterocycles. The van der Waals surface area contributed by atoms with Gasteiger partial charge in [-0.15, -0.1) is 11.3 Å². The van der Waals surface area contributed by atoms with E-state index in [0.717, 1.165) is 32.5 Å². The van der Waals surface area contributed by atoms with Crippen LogP contribution >= 0.6 is 27.3 Å². The standard InChI is InChI=1S/C14H14BrNO2S/c1-7-4-9(10(5-7)14(17)18)13-16-11-6-8(15)2-3-12(11)19-13/h2-3,6-7,9-10H,4-5H2,1H3,(H,17,18). The average Bonchev–Trinajstić information content (AvgIpc) is 2.91. The van der Waals surface area contributed by atoms with Crippen molar-refractivity contribution in [2.24, 2.45) is 11.8 Å². The van der Waals surface area contributed by atoms with Crippen LogP contribution in [0, 0.1) is 11.8 Å². The van der Waals surface area contributed by atoms with Crippen LogP contribution in [0.3, 0.4) is 0 Å². The molecule has 3 unspecified atom stereocenters. The third-order valence-corrected chi connectivity index (χ3v) is 5.46. The summed E-state index contributed by atoms with van der Waals surface area (Å²) in [4.78, 5) is 16.0. The van der Waals surface area contributed by atoms with Gasteiger partial charge in [0, 0.05) is 10.4 Å². The number of thiazole rings is 1. The van der Waals surface area contributed by atoms with Crippen LogP contribution in [0.1, 0.15) is 30.7 Å². The van der Waals surface area contributed by atoms with E-state index in [4.69, 9.17) is 0 Å². The Kier molecular flexibility index (Phi) is 3.35. The Morgan fingerprint density at radius 3 is 3.00 bits per heavy atom. The van der Waals surface area contributed by atoms with E-state index >= 15 is 0 Å². The van der Waals surface area contributed by atoms with Crippen LogP contribution in [0.4, 0.5) is 0 Å². The number of benzene rings is 1. The molecule has 0 saturated heterocycles. The molecule has 2 aromatic rings. The molecule has 0 spiro atoms. The Morgan fingerprint density at radius 1 is 1.47 bits per heavy atom. The number of nitrogens with zero attached hydrogens (tertiary/aromatic N) is 1. The Balaban J connectivity index is 2.01. The zero-order valence-corrected chi connectivity index (χ0v) is 12.9. The minimum Gasteiger partial charge on any atom is -0.481 e. The lowest BCUT2D eigenvalue weighted by atomic mass is 9.97. The third-order valence-electron chi connectivity index (χ3n) is 3.80. The van der Waals surface area contributed by atoms with Crippen LogP contribution in [0.25, 0.3) is 10.2 Å². The number of rotatable bonds is 2. The Hall–Kier alpha value is -0.940. The number of carbonyl (C=O) groups is 1. The predicted molar refractivity (Wildman–Crippen MR) is 79.6 cm³/mol. The second kappa shape index (κ2) is 4.87. The highest BCUT2D eigenvalue weighted by atomic mass is 79.9. The molecule has 1 aliphatic rings. The van der Waals surface area contributed by atoms with Crippen molar-refractivity contribution in [2.75, 3.05) is 0 Å². The molecule has 3 atom stereocenters. The van der Waals surface area contributed by atoms with Crippen LogP contribution in [0.15, 0.2) is 22.7 Å². The lowest BCUT2D eigenvalue weighted by Crippen LogP contribution is -2.16. The maximum absolute atomic E-state index is 11.4. The minimum absolute atomic E-state index is 0.0728. The molecule has 0 radical (unpaired) electrons. The van der Waals surface area contributed by atoms with Gasteiger partial charge in [0.15, 0.2) is 0 Å². The summed E-state index contributed by atoms with van der Waals surface area (Å²) in [6.45, 7) is 2.12. The van der Waals surface area contributed by atoms with E-state index < -0.39 is 5.97 Å². The summed E-state index contributed by atoms with van der Waals surface area (Å²) >= 11 is 5.07. The van der Waals surface area contributed by atoms with E-state index in [9.17, 15) is 9.90 Å². The summed E-state index contributed by atoms with van der Waals surface area (Å²) in [7, 11) is 0. The zero-order chi connectivity index (χ0) is 13.6. The lowest BCUT2D eigenvalue weighted by molar-refractivity contribution is -0.142. The van der Waals surface area contributed by atoms with Crippen molar-refractivity contribution >= 4 is 43.5 Å². The van der Waals surface area contributed by atoms with Gasteiger partial charge in [-0.1, -0.05) is 22.9 Å². The summed E-state index contributed by atoms with van der Waals surface area (Å²) in [5.41, 5.74) is 0.957. The number of halogens is 1. The van der Waals surface area contributed by atoms with Crippen molar-refractivity contribution in [3.63, 3.8) is 0 Å². The molecule has 1 heterocycles. The fourth-order valence-electron chi connectivity index (χ4n) is 2.91. The highest BCUT2D eigenvalue weighted by molar-refractivity contribution is 9.10. The van der Waals surface area contributed by atoms with Gasteiger partial charge in [0.2, 0.25) is 0 Å². The second-order valence-corrected chi connectivity index (χ2v) is 7.27. The zero-order valence-electron chi connectivity index (χ0n) is 10.5. The van der Waals surface area contributed by atoms with E-state index in [1.165, 1.54) is 0 Å². The van der Waals surface area contributed by atoms with E-state index in [0.29, 0.717) is 5.92 Å². The van der Waals surface area contributed by atoms with E-state index in [1.807, 2.05) is 18.2 Å². The first-order chi connectivity index (χ1) is 9.04. The van der Waals surface area contributed by atoms with Crippen LogP contribution < -0.4 is 0 Å². The van der Waals surface area contributed by atoms with Gasteiger partial charge in [-0.3, -0.25) is 4.79 Å². The van der Waals surface area contributed by atoms with E-state index in [-0.39, 0.29) is 11.8 Å². The molecule has 100 valence electrons. The van der Waals surface area contributed by atoms with Gasteiger partial charge in [-0.2, -0.15) is 0 Å². The van der Waals surface area contributed by atoms with Gasteiger partial charge < -0.3 is 5.11 Å². The lowest BCUT2D eigenvalue weighted by Gasteiger charge is -2.11. The largest absolute Gasteiger partial charge is 0.481 e. The normalized spacial score (nSPS) is 26.9. The smallest absolute Gasteiger partial charge is 0.307 e. The SMILES string of the molecule is CC1CC(C(=O)O)C(c2nc3cc(Br)ccc3s2)C1. The summed E-state index contributed by atoms with van der Waals surface area (Å²) in [6, 6.07) is 6.02. The molecule has 3 rings (SSSR count). The predicted octanol–water partition coefficient (Wildman–Crippen LogP) is 4.27. The number of hydrogen-bond donors (Lipinski definition) is 1. The van der Waals surface area contributed by atoms with Gasteiger partial charge in [0.25, 0.3) is 0 Å². The Labute approximate surface area is 123 Å². The van der Waals surface area contributed by atoms with Crippen LogP contribution in [-0.4, -0.2) is 16.1 Å². The molecule has 3 nitrogen and oxygen atoms in total. The monoisotopic (exact) mass is 339 g/mol. The topological polar surface area (TPSA) is 50.2 Å². The van der Waals surface area contributed by atoms with Gasteiger partial charge in [0.1, 0.15) is 0 Å². The van der Waals surface area contributed by atoms with Crippen LogP contribution in [0.2, 0.25) is 0 Å². The molecule has 1 N–H and O–H groups in total. The first-order valence-electron chi connectivity index (χ1n) is 6.33. The molecule has 19 heavy (non-hydrogen) atoms. The van der Waals surface area contributed by atoms with E-state index in [1.54, 1.807) is 11.3 Å². The Bertz CT molecular complexity index is 639. The summed E-state index contributed by atoms with van der Waals surface area (Å²) in [5, 5.41) is 10.3. The van der Waals surface area contributed by atoms with Crippen molar-refractivity contribution < 1.29 is 9.90 Å². The minimum atomic E-state index is -0.685. The number of carboxylic acids is 1. The van der Waals surface area contributed by atoms with Gasteiger partial charge in [0.05, 0.1) is 21.1 Å². The fourth-order valence-corrected chi connectivity index (χ4v) is 4.39. The summed E-state index contributed by atoms with van der Waals surface area (Å²) in [6.07, 6.45) is 1.69. The van der Waals surface area contributed by atoms with Crippen molar-refractivity contribution in [1.82, 2.24) is 4.98 Å². The molecule has 1 fully saturated rings. The van der Waals surface area contributed by atoms with Crippen molar-refractivity contribution in [2.45, 2.75) is 25.7 Å². The van der Waals surface area contributed by atoms with E-state index in [2.05, 4.69) is 27.8 Å². The second-order valence-electron chi connectivity index (χ2n) is 5.29. The number of carboxylic acid groups (broad SMARTS) is 1. The van der Waals surface area contributed by atoms with Crippen LogP contribution in [0.5, 0.6) is 0 Å². The molecule has 0 amide bonds. The molecule has 0 aliphatic heterocycles. The Morgan fingerprint density at radius 2 is 2.26 bits per heavy atom. The highest BCUT2D eigenvalue weighted by Gasteiger charge is 2.39. The van der Waals surface area contributed by atoms with Gasteiger partial charge in [-0.25, -0.2) is 4.98 Å². The van der Waals surface area contributed by atoms with Crippen molar-refractivity contribution in [1.29, 1.82) is 0 Å². The number of hydrogen-bond acceptors (Lipinski definition) is 3. The van der Waals surface area contributed by atoms with Gasteiger partial charge in [-0.05, 0) is 37.0 Å². The average molecular weight is 340 g/mol. The van der Waals surface area contributed by atoms with Crippen LogP contribution in [-0.2, 0) is 4.79 Å².